The molecule has 2 N–H and O–H groups in total. The van der Waals surface area contributed by atoms with Gasteiger partial charge in [-0.15, -0.1) is 11.3 Å². The van der Waals surface area contributed by atoms with Crippen LogP contribution in [-0.2, 0) is 0 Å². The first-order chi connectivity index (χ1) is 9.11. The van der Waals surface area contributed by atoms with Gasteiger partial charge in [-0.05, 0) is 40.8 Å². The molecule has 2 rings (SSSR count). The van der Waals surface area contributed by atoms with Crippen LogP contribution in [0.3, 0.4) is 0 Å². The molecule has 108 valence electrons. The van der Waals surface area contributed by atoms with Crippen molar-refractivity contribution < 1.29 is 0 Å². The van der Waals surface area contributed by atoms with Gasteiger partial charge in [0.2, 0.25) is 0 Å². The molecule has 1 heterocycles. The van der Waals surface area contributed by atoms with E-state index in [2.05, 4.69) is 46.1 Å². The summed E-state index contributed by atoms with van der Waals surface area (Å²) in [5, 5.41) is 2.17. The molecule has 4 heteroatoms. The van der Waals surface area contributed by atoms with E-state index in [0.29, 0.717) is 12.0 Å². The average molecular weight is 345 g/mol. The van der Waals surface area contributed by atoms with Gasteiger partial charge in [-0.2, -0.15) is 0 Å². The van der Waals surface area contributed by atoms with E-state index in [-0.39, 0.29) is 0 Å². The van der Waals surface area contributed by atoms with E-state index in [9.17, 15) is 0 Å². The summed E-state index contributed by atoms with van der Waals surface area (Å²) in [5.74, 6) is 0.693. The Hall–Kier alpha value is 0.1000. The summed E-state index contributed by atoms with van der Waals surface area (Å²) in [6.07, 6.45) is 5.45. The third-order valence-electron chi connectivity index (χ3n) is 3.91. The van der Waals surface area contributed by atoms with Crippen LogP contribution in [-0.4, -0.2) is 24.0 Å². The van der Waals surface area contributed by atoms with Crippen molar-refractivity contribution in [1.29, 1.82) is 0 Å². The summed E-state index contributed by atoms with van der Waals surface area (Å²) in [6.45, 7) is 6.48. The van der Waals surface area contributed by atoms with Crippen LogP contribution in [0.5, 0.6) is 0 Å². The number of hydrogen-bond acceptors (Lipinski definition) is 3. The molecule has 0 radical (unpaired) electrons. The van der Waals surface area contributed by atoms with Crippen molar-refractivity contribution in [3.63, 3.8) is 0 Å². The summed E-state index contributed by atoms with van der Waals surface area (Å²) in [4.78, 5) is 4.08. The highest BCUT2D eigenvalue weighted by Crippen LogP contribution is 2.34. The Bertz CT molecular complexity index is 385. The standard InChI is InChI=1S/C15H25BrN2S/c1-11(2)9-18(13-5-3-4-6-13)14(8-17)15-7-12(16)10-19-15/h7,10-11,13-14H,3-6,8-9,17H2,1-2H3. The van der Waals surface area contributed by atoms with Gasteiger partial charge in [0.15, 0.2) is 0 Å². The molecule has 1 aliphatic carbocycles. The Morgan fingerprint density at radius 2 is 2.11 bits per heavy atom. The molecule has 2 nitrogen and oxygen atoms in total. The zero-order valence-electron chi connectivity index (χ0n) is 11.9. The number of hydrogen-bond donors (Lipinski definition) is 1. The van der Waals surface area contributed by atoms with Gasteiger partial charge in [-0.1, -0.05) is 26.7 Å². The molecule has 1 aromatic rings. The van der Waals surface area contributed by atoms with Crippen LogP contribution in [0.1, 0.15) is 50.4 Å². The Kier molecular flexibility index (Phi) is 5.87. The molecule has 0 amide bonds. The van der Waals surface area contributed by atoms with Gasteiger partial charge in [0.1, 0.15) is 0 Å². The summed E-state index contributed by atoms with van der Waals surface area (Å²) in [6, 6.07) is 3.36. The second kappa shape index (κ2) is 7.21. The van der Waals surface area contributed by atoms with E-state index in [1.54, 1.807) is 0 Å². The first-order valence-electron chi connectivity index (χ1n) is 7.31. The SMILES string of the molecule is CC(C)CN(C1CCCC1)C(CN)c1cc(Br)cs1. The number of halogens is 1. The molecular weight excluding hydrogens is 320 g/mol. The van der Waals surface area contributed by atoms with Crippen molar-refractivity contribution >= 4 is 27.3 Å². The molecule has 0 aliphatic heterocycles. The fourth-order valence-electron chi connectivity index (χ4n) is 3.11. The van der Waals surface area contributed by atoms with E-state index in [0.717, 1.165) is 19.1 Å². The van der Waals surface area contributed by atoms with Crippen LogP contribution in [0, 0.1) is 5.92 Å². The van der Waals surface area contributed by atoms with Crippen molar-refractivity contribution in [2.75, 3.05) is 13.1 Å². The smallest absolute Gasteiger partial charge is 0.0567 e. The van der Waals surface area contributed by atoms with Crippen LogP contribution >= 0.6 is 27.3 Å². The fourth-order valence-corrected chi connectivity index (χ4v) is 4.69. The number of nitrogens with zero attached hydrogens (tertiary/aromatic N) is 1. The van der Waals surface area contributed by atoms with Crippen molar-refractivity contribution in [2.45, 2.75) is 51.6 Å². The van der Waals surface area contributed by atoms with Gasteiger partial charge in [-0.25, -0.2) is 0 Å². The van der Waals surface area contributed by atoms with E-state index >= 15 is 0 Å². The van der Waals surface area contributed by atoms with Gasteiger partial charge in [0.05, 0.1) is 6.04 Å². The molecule has 1 saturated carbocycles. The highest BCUT2D eigenvalue weighted by Gasteiger charge is 2.30. The lowest BCUT2D eigenvalue weighted by Crippen LogP contribution is -2.42. The second-order valence-electron chi connectivity index (χ2n) is 5.95. The minimum absolute atomic E-state index is 0.391. The lowest BCUT2D eigenvalue weighted by molar-refractivity contribution is 0.123. The topological polar surface area (TPSA) is 29.3 Å². The Balaban J connectivity index is 2.18. The zero-order chi connectivity index (χ0) is 13.8. The van der Waals surface area contributed by atoms with E-state index in [4.69, 9.17) is 5.73 Å². The summed E-state index contributed by atoms with van der Waals surface area (Å²) < 4.78 is 1.18. The maximum absolute atomic E-state index is 6.11. The predicted molar refractivity (Wildman–Crippen MR) is 87.6 cm³/mol. The molecule has 19 heavy (non-hydrogen) atoms. The fraction of sp³-hybridized carbons (Fsp3) is 0.733. The molecule has 0 spiro atoms. The Morgan fingerprint density at radius 3 is 2.58 bits per heavy atom. The van der Waals surface area contributed by atoms with E-state index < -0.39 is 0 Å². The third-order valence-corrected chi connectivity index (χ3v) is 5.70. The molecule has 1 atom stereocenters. The molecule has 1 aromatic heterocycles. The van der Waals surface area contributed by atoms with E-state index in [1.165, 1.54) is 35.0 Å². The summed E-state index contributed by atoms with van der Waals surface area (Å²) >= 11 is 5.39. The Morgan fingerprint density at radius 1 is 1.42 bits per heavy atom. The van der Waals surface area contributed by atoms with Crippen molar-refractivity contribution in [3.05, 3.63) is 20.8 Å². The van der Waals surface area contributed by atoms with Crippen LogP contribution in [0.15, 0.2) is 15.9 Å². The molecule has 0 aromatic carbocycles. The number of rotatable bonds is 6. The third kappa shape index (κ3) is 4.03. The first-order valence-corrected chi connectivity index (χ1v) is 8.98. The monoisotopic (exact) mass is 344 g/mol. The van der Waals surface area contributed by atoms with Crippen LogP contribution in [0.25, 0.3) is 0 Å². The molecule has 1 fully saturated rings. The molecule has 1 unspecified atom stereocenters. The summed E-state index contributed by atoms with van der Waals surface area (Å²) in [5.41, 5.74) is 6.11. The van der Waals surface area contributed by atoms with Gasteiger partial charge >= 0.3 is 0 Å². The second-order valence-corrected chi connectivity index (χ2v) is 7.81. The van der Waals surface area contributed by atoms with Gasteiger partial charge in [0.25, 0.3) is 0 Å². The van der Waals surface area contributed by atoms with Crippen LogP contribution in [0.4, 0.5) is 0 Å². The molecule has 0 bridgehead atoms. The molecule has 0 saturated heterocycles. The van der Waals surface area contributed by atoms with Gasteiger partial charge < -0.3 is 5.73 Å². The zero-order valence-corrected chi connectivity index (χ0v) is 14.3. The Labute approximate surface area is 129 Å². The van der Waals surface area contributed by atoms with Crippen molar-refractivity contribution in [1.82, 2.24) is 4.90 Å². The van der Waals surface area contributed by atoms with Crippen LogP contribution in [0.2, 0.25) is 0 Å². The highest BCUT2D eigenvalue weighted by molar-refractivity contribution is 9.10. The summed E-state index contributed by atoms with van der Waals surface area (Å²) in [7, 11) is 0. The maximum atomic E-state index is 6.11. The van der Waals surface area contributed by atoms with Gasteiger partial charge in [0, 0.05) is 33.9 Å². The normalized spacial score (nSPS) is 18.6. The molecular formula is C15H25BrN2S. The number of nitrogens with two attached hydrogens (primary N) is 1. The lowest BCUT2D eigenvalue weighted by Gasteiger charge is -2.36. The van der Waals surface area contributed by atoms with Gasteiger partial charge in [-0.3, -0.25) is 4.90 Å². The largest absolute Gasteiger partial charge is 0.329 e. The van der Waals surface area contributed by atoms with E-state index in [1.807, 2.05) is 11.3 Å². The average Bonchev–Trinajstić information content (AvgIpc) is 2.99. The minimum Gasteiger partial charge on any atom is -0.329 e. The minimum atomic E-state index is 0.391. The van der Waals surface area contributed by atoms with Crippen molar-refractivity contribution in [2.24, 2.45) is 11.7 Å². The molecule has 1 aliphatic rings. The first kappa shape index (κ1) is 15.5. The highest BCUT2D eigenvalue weighted by atomic mass is 79.9. The van der Waals surface area contributed by atoms with Crippen LogP contribution < -0.4 is 5.73 Å². The quantitative estimate of drug-likeness (QED) is 0.827. The predicted octanol–water partition coefficient (Wildman–Crippen LogP) is 4.41. The maximum Gasteiger partial charge on any atom is 0.0567 e. The number of thiophene rings is 1. The lowest BCUT2D eigenvalue weighted by atomic mass is 10.1. The van der Waals surface area contributed by atoms with Crippen molar-refractivity contribution in [3.8, 4) is 0 Å².